The highest BCUT2D eigenvalue weighted by Gasteiger charge is 2.27. The molecular formula is C16H25N3O6. The molecule has 140 valence electrons. The van der Waals surface area contributed by atoms with Crippen LogP contribution in [0.5, 0.6) is 0 Å². The van der Waals surface area contributed by atoms with E-state index in [1.807, 2.05) is 13.8 Å². The van der Waals surface area contributed by atoms with Crippen LogP contribution in [-0.2, 0) is 20.7 Å². The molecule has 9 nitrogen and oxygen atoms in total. The van der Waals surface area contributed by atoms with Crippen molar-refractivity contribution in [2.45, 2.75) is 52.7 Å². The van der Waals surface area contributed by atoms with Gasteiger partial charge in [0.25, 0.3) is 5.91 Å². The van der Waals surface area contributed by atoms with Crippen LogP contribution < -0.4 is 11.1 Å². The summed E-state index contributed by atoms with van der Waals surface area (Å²) in [4.78, 5) is 35.3. The number of aromatic nitrogens is 1. The first-order valence-electron chi connectivity index (χ1n) is 7.89. The van der Waals surface area contributed by atoms with Crippen molar-refractivity contribution >= 4 is 18.0 Å². The number of hydrogen-bond acceptors (Lipinski definition) is 7. The fourth-order valence-corrected chi connectivity index (χ4v) is 1.72. The summed E-state index contributed by atoms with van der Waals surface area (Å²) >= 11 is 0. The van der Waals surface area contributed by atoms with Gasteiger partial charge < -0.3 is 25.0 Å². The Morgan fingerprint density at radius 1 is 1.32 bits per heavy atom. The van der Waals surface area contributed by atoms with Crippen LogP contribution in [0.1, 0.15) is 50.9 Å². The minimum absolute atomic E-state index is 0.0591. The number of rotatable bonds is 7. The molecule has 3 N–H and O–H groups in total. The smallest absolute Gasteiger partial charge is 0.408 e. The van der Waals surface area contributed by atoms with Crippen LogP contribution in [0.2, 0.25) is 0 Å². The molecule has 0 aliphatic rings. The van der Waals surface area contributed by atoms with E-state index in [0.29, 0.717) is 0 Å². The third-order valence-electron chi connectivity index (χ3n) is 2.75. The maximum Gasteiger partial charge on any atom is 0.408 e. The van der Waals surface area contributed by atoms with Crippen molar-refractivity contribution in [2.24, 2.45) is 11.7 Å². The van der Waals surface area contributed by atoms with Gasteiger partial charge in [0.2, 0.25) is 0 Å². The van der Waals surface area contributed by atoms with E-state index in [4.69, 9.17) is 19.7 Å². The molecule has 1 heterocycles. The topological polar surface area (TPSA) is 134 Å². The van der Waals surface area contributed by atoms with E-state index in [9.17, 15) is 14.4 Å². The molecule has 2 amide bonds. The first-order valence-corrected chi connectivity index (χ1v) is 7.89. The zero-order valence-electron chi connectivity index (χ0n) is 15.1. The van der Waals surface area contributed by atoms with Gasteiger partial charge in [-0.3, -0.25) is 4.79 Å². The summed E-state index contributed by atoms with van der Waals surface area (Å²) in [5.74, 6) is -1.06. The van der Waals surface area contributed by atoms with Crippen molar-refractivity contribution in [3.05, 3.63) is 17.5 Å². The van der Waals surface area contributed by atoms with Gasteiger partial charge >= 0.3 is 12.1 Å². The zero-order valence-corrected chi connectivity index (χ0v) is 15.1. The number of nitrogens with one attached hydrogen (secondary N) is 1. The van der Waals surface area contributed by atoms with Crippen molar-refractivity contribution < 1.29 is 28.4 Å². The summed E-state index contributed by atoms with van der Waals surface area (Å²) in [7, 11) is 0. The Bertz CT molecular complexity index is 618. The molecule has 0 aromatic carbocycles. The van der Waals surface area contributed by atoms with Crippen LogP contribution in [-0.4, -0.2) is 41.4 Å². The Labute approximate surface area is 146 Å². The molecule has 1 rings (SSSR count). The van der Waals surface area contributed by atoms with Crippen LogP contribution in [0.4, 0.5) is 4.79 Å². The molecular weight excluding hydrogens is 330 g/mol. The molecule has 1 aromatic rings. The van der Waals surface area contributed by atoms with Crippen LogP contribution >= 0.6 is 0 Å². The molecule has 0 aliphatic carbocycles. The lowest BCUT2D eigenvalue weighted by Crippen LogP contribution is -2.45. The van der Waals surface area contributed by atoms with Crippen molar-refractivity contribution in [3.63, 3.8) is 0 Å². The van der Waals surface area contributed by atoms with Crippen molar-refractivity contribution in [1.82, 2.24) is 10.5 Å². The van der Waals surface area contributed by atoms with Gasteiger partial charge in [-0.1, -0.05) is 19.0 Å². The van der Waals surface area contributed by atoms with Crippen LogP contribution in [0, 0.1) is 5.92 Å². The highest BCUT2D eigenvalue weighted by atomic mass is 16.6. The predicted molar refractivity (Wildman–Crippen MR) is 87.7 cm³/mol. The SMILES string of the molecule is CC(C)COC(=O)[C@H](Cc1cc(C(N)=O)no1)NC(=O)OC(C)(C)C. The summed E-state index contributed by atoms with van der Waals surface area (Å²) in [5.41, 5.74) is 4.32. The standard InChI is InChI=1S/C16H25N3O6/c1-9(2)8-23-14(21)12(18-15(22)24-16(3,4)5)7-10-6-11(13(17)20)19-25-10/h6,9,12H,7-8H2,1-5H3,(H2,17,20)(H,18,22)/t12-/m0/s1. The second-order valence-electron chi connectivity index (χ2n) is 6.97. The fraction of sp³-hybridized carbons (Fsp3) is 0.625. The van der Waals surface area contributed by atoms with Crippen LogP contribution in [0.25, 0.3) is 0 Å². The van der Waals surface area contributed by atoms with Gasteiger partial charge in [-0.05, 0) is 26.7 Å². The van der Waals surface area contributed by atoms with Crippen LogP contribution in [0.3, 0.4) is 0 Å². The van der Waals surface area contributed by atoms with E-state index < -0.39 is 29.6 Å². The monoisotopic (exact) mass is 355 g/mol. The van der Waals surface area contributed by atoms with E-state index >= 15 is 0 Å². The fourth-order valence-electron chi connectivity index (χ4n) is 1.72. The molecule has 0 saturated heterocycles. The molecule has 0 bridgehead atoms. The number of alkyl carbamates (subject to hydrolysis) is 1. The molecule has 0 aliphatic heterocycles. The normalized spacial score (nSPS) is 12.6. The van der Waals surface area contributed by atoms with Crippen LogP contribution in [0.15, 0.2) is 10.6 Å². The second kappa shape index (κ2) is 8.50. The molecule has 9 heteroatoms. The molecule has 0 fully saturated rings. The minimum atomic E-state index is -1.05. The number of carbonyl (C=O) groups excluding carboxylic acids is 3. The Hall–Kier alpha value is -2.58. The number of esters is 1. The highest BCUT2D eigenvalue weighted by molar-refractivity contribution is 5.90. The average molecular weight is 355 g/mol. The maximum atomic E-state index is 12.2. The van der Waals surface area contributed by atoms with Gasteiger partial charge in [-0.2, -0.15) is 0 Å². The molecule has 0 saturated carbocycles. The molecule has 1 aromatic heterocycles. The Morgan fingerprint density at radius 2 is 1.96 bits per heavy atom. The number of nitrogens with zero attached hydrogens (tertiary/aromatic N) is 1. The summed E-state index contributed by atoms with van der Waals surface area (Å²) < 4.78 is 15.3. The largest absolute Gasteiger partial charge is 0.464 e. The van der Waals surface area contributed by atoms with E-state index in [1.165, 1.54) is 6.07 Å². The number of ether oxygens (including phenoxy) is 2. The quantitative estimate of drug-likeness (QED) is 0.706. The first kappa shape index (κ1) is 20.5. The summed E-state index contributed by atoms with van der Waals surface area (Å²) in [6, 6.07) is 0.254. The zero-order chi connectivity index (χ0) is 19.2. The first-order chi connectivity index (χ1) is 11.5. The van der Waals surface area contributed by atoms with Gasteiger partial charge in [0, 0.05) is 12.5 Å². The van der Waals surface area contributed by atoms with Crippen molar-refractivity contribution in [3.8, 4) is 0 Å². The van der Waals surface area contributed by atoms with E-state index in [0.717, 1.165) is 0 Å². The lowest BCUT2D eigenvalue weighted by molar-refractivity contribution is -0.147. The Morgan fingerprint density at radius 3 is 2.44 bits per heavy atom. The maximum absolute atomic E-state index is 12.2. The Balaban J connectivity index is 2.83. The lowest BCUT2D eigenvalue weighted by atomic mass is 10.1. The van der Waals surface area contributed by atoms with Gasteiger partial charge in [0.1, 0.15) is 17.4 Å². The van der Waals surface area contributed by atoms with Crippen molar-refractivity contribution in [2.75, 3.05) is 6.61 Å². The molecule has 1 atom stereocenters. The second-order valence-corrected chi connectivity index (χ2v) is 6.97. The number of carbonyl (C=O) groups is 3. The van der Waals surface area contributed by atoms with E-state index in [-0.39, 0.29) is 30.4 Å². The molecule has 25 heavy (non-hydrogen) atoms. The summed E-state index contributed by atoms with van der Waals surface area (Å²) in [5, 5.41) is 5.94. The number of primary amides is 1. The lowest BCUT2D eigenvalue weighted by Gasteiger charge is -2.22. The minimum Gasteiger partial charge on any atom is -0.464 e. The highest BCUT2D eigenvalue weighted by Crippen LogP contribution is 2.11. The third-order valence-corrected chi connectivity index (χ3v) is 2.75. The van der Waals surface area contributed by atoms with Gasteiger partial charge in [-0.25, -0.2) is 9.59 Å². The summed E-state index contributed by atoms with van der Waals surface area (Å²) in [6.07, 6.45) is -0.829. The summed E-state index contributed by atoms with van der Waals surface area (Å²) in [6.45, 7) is 9.09. The molecule has 0 unspecified atom stereocenters. The molecule has 0 spiro atoms. The Kier molecular flexibility index (Phi) is 6.96. The molecule has 0 radical (unpaired) electrons. The number of nitrogens with two attached hydrogens (primary N) is 1. The van der Waals surface area contributed by atoms with Gasteiger partial charge in [0.05, 0.1) is 6.61 Å². The van der Waals surface area contributed by atoms with E-state index in [1.54, 1.807) is 20.8 Å². The third kappa shape index (κ3) is 7.69. The number of hydrogen-bond donors (Lipinski definition) is 2. The average Bonchev–Trinajstić information content (AvgIpc) is 2.90. The van der Waals surface area contributed by atoms with E-state index in [2.05, 4.69) is 10.5 Å². The number of amides is 2. The van der Waals surface area contributed by atoms with Gasteiger partial charge in [0.15, 0.2) is 5.69 Å². The van der Waals surface area contributed by atoms with Gasteiger partial charge in [-0.15, -0.1) is 0 Å². The van der Waals surface area contributed by atoms with Crippen molar-refractivity contribution in [1.29, 1.82) is 0 Å². The predicted octanol–water partition coefficient (Wildman–Crippen LogP) is 1.41.